The van der Waals surface area contributed by atoms with Gasteiger partial charge in [-0.15, -0.1) is 0 Å². The summed E-state index contributed by atoms with van der Waals surface area (Å²) in [6.07, 6.45) is 4.78. The summed E-state index contributed by atoms with van der Waals surface area (Å²) in [6, 6.07) is 12.0. The number of benzene rings is 2. The number of anilines is 2. The maximum atomic E-state index is 6.11. The molecule has 108 valence electrons. The van der Waals surface area contributed by atoms with Crippen molar-refractivity contribution in [2.75, 3.05) is 5.32 Å². The highest BCUT2D eigenvalue weighted by Gasteiger charge is 2.14. The number of hydrogen-bond acceptors (Lipinski definition) is 2. The molecule has 1 aliphatic carbocycles. The van der Waals surface area contributed by atoms with Crippen LogP contribution in [0.2, 0.25) is 5.02 Å². The van der Waals surface area contributed by atoms with Gasteiger partial charge in [-0.2, -0.15) is 0 Å². The summed E-state index contributed by atoms with van der Waals surface area (Å²) in [5.74, 6) is 0. The van der Waals surface area contributed by atoms with Crippen molar-refractivity contribution in [3.8, 4) is 0 Å². The minimum Gasteiger partial charge on any atom is -0.389 e. The van der Waals surface area contributed by atoms with Crippen LogP contribution in [0.1, 0.15) is 29.5 Å². The van der Waals surface area contributed by atoms with Crippen molar-refractivity contribution in [1.29, 1.82) is 0 Å². The Bertz CT molecular complexity index is 697. The molecular formula is C17H17ClN2S. The number of hydrogen-bond donors (Lipinski definition) is 2. The quantitative estimate of drug-likeness (QED) is 0.813. The maximum Gasteiger partial charge on any atom is 0.106 e. The van der Waals surface area contributed by atoms with Gasteiger partial charge in [0, 0.05) is 16.3 Å². The number of rotatable bonds is 3. The Labute approximate surface area is 135 Å². The fourth-order valence-corrected chi connectivity index (χ4v) is 3.23. The highest BCUT2D eigenvalue weighted by molar-refractivity contribution is 7.80. The lowest BCUT2D eigenvalue weighted by Crippen LogP contribution is -2.13. The lowest BCUT2D eigenvalue weighted by atomic mass is 9.90. The Kier molecular flexibility index (Phi) is 4.13. The molecule has 1 aliphatic rings. The highest BCUT2D eigenvalue weighted by atomic mass is 35.5. The first-order valence-corrected chi connectivity index (χ1v) is 7.91. The zero-order valence-electron chi connectivity index (χ0n) is 11.7. The standard InChI is InChI=1S/C17H17ClN2S/c18-12-8-9-14(17(19)21)16(10-12)20-15-7-3-5-11-4-1-2-6-13(11)15/h3,5,7-10,20H,1-2,4,6H2,(H2,19,21). The van der Waals surface area contributed by atoms with E-state index in [4.69, 9.17) is 29.6 Å². The molecule has 0 saturated heterocycles. The lowest BCUT2D eigenvalue weighted by molar-refractivity contribution is 0.687. The molecule has 0 fully saturated rings. The van der Waals surface area contributed by atoms with Gasteiger partial charge in [0.25, 0.3) is 0 Å². The van der Waals surface area contributed by atoms with E-state index in [1.807, 2.05) is 18.2 Å². The molecule has 0 spiro atoms. The van der Waals surface area contributed by atoms with Crippen molar-refractivity contribution in [2.45, 2.75) is 25.7 Å². The molecule has 21 heavy (non-hydrogen) atoms. The summed E-state index contributed by atoms with van der Waals surface area (Å²) >= 11 is 11.2. The Morgan fingerprint density at radius 3 is 2.71 bits per heavy atom. The molecule has 4 heteroatoms. The molecule has 0 radical (unpaired) electrons. The van der Waals surface area contributed by atoms with Crippen LogP contribution >= 0.6 is 23.8 Å². The normalized spacial score (nSPS) is 13.6. The largest absolute Gasteiger partial charge is 0.389 e. The van der Waals surface area contributed by atoms with Gasteiger partial charge in [0.2, 0.25) is 0 Å². The van der Waals surface area contributed by atoms with Gasteiger partial charge in [0.1, 0.15) is 4.99 Å². The molecule has 3 N–H and O–H groups in total. The minimum absolute atomic E-state index is 0.374. The molecule has 0 unspecified atom stereocenters. The Morgan fingerprint density at radius 2 is 1.90 bits per heavy atom. The highest BCUT2D eigenvalue weighted by Crippen LogP contribution is 2.32. The van der Waals surface area contributed by atoms with Crippen LogP contribution in [0.15, 0.2) is 36.4 Å². The predicted molar refractivity (Wildman–Crippen MR) is 93.7 cm³/mol. The van der Waals surface area contributed by atoms with Gasteiger partial charge in [-0.3, -0.25) is 0 Å². The van der Waals surface area contributed by atoms with E-state index < -0.39 is 0 Å². The summed E-state index contributed by atoms with van der Waals surface area (Å²) in [5.41, 5.74) is 11.5. The number of aryl methyl sites for hydroxylation is 1. The van der Waals surface area contributed by atoms with E-state index >= 15 is 0 Å². The molecule has 0 aliphatic heterocycles. The third kappa shape index (κ3) is 3.04. The molecule has 2 nitrogen and oxygen atoms in total. The van der Waals surface area contributed by atoms with E-state index in [2.05, 4.69) is 23.5 Å². The minimum atomic E-state index is 0.374. The Balaban J connectivity index is 2.01. The fraction of sp³-hybridized carbons (Fsp3) is 0.235. The van der Waals surface area contributed by atoms with Crippen LogP contribution in [0.4, 0.5) is 11.4 Å². The van der Waals surface area contributed by atoms with Crippen molar-refractivity contribution in [1.82, 2.24) is 0 Å². The zero-order chi connectivity index (χ0) is 14.8. The first kappa shape index (κ1) is 14.4. The number of nitrogens with two attached hydrogens (primary N) is 1. The third-order valence-electron chi connectivity index (χ3n) is 3.91. The van der Waals surface area contributed by atoms with E-state index in [0.717, 1.165) is 29.8 Å². The van der Waals surface area contributed by atoms with Gasteiger partial charge in [0.15, 0.2) is 0 Å². The van der Waals surface area contributed by atoms with E-state index in [1.165, 1.54) is 24.0 Å². The van der Waals surface area contributed by atoms with Crippen LogP contribution < -0.4 is 11.1 Å². The molecule has 0 amide bonds. The maximum absolute atomic E-state index is 6.11. The van der Waals surface area contributed by atoms with E-state index in [9.17, 15) is 0 Å². The second-order valence-electron chi connectivity index (χ2n) is 5.33. The average molecular weight is 317 g/mol. The first-order valence-electron chi connectivity index (χ1n) is 7.12. The Morgan fingerprint density at radius 1 is 1.10 bits per heavy atom. The molecule has 2 aromatic rings. The smallest absolute Gasteiger partial charge is 0.106 e. The molecule has 0 saturated carbocycles. The van der Waals surface area contributed by atoms with Gasteiger partial charge in [-0.05, 0) is 61.1 Å². The van der Waals surface area contributed by atoms with Crippen molar-refractivity contribution in [2.24, 2.45) is 5.73 Å². The van der Waals surface area contributed by atoms with Gasteiger partial charge in [-0.25, -0.2) is 0 Å². The third-order valence-corrected chi connectivity index (χ3v) is 4.37. The second kappa shape index (κ2) is 6.04. The molecule has 0 atom stereocenters. The molecule has 0 aromatic heterocycles. The van der Waals surface area contributed by atoms with Crippen LogP contribution in [-0.2, 0) is 12.8 Å². The van der Waals surface area contributed by atoms with Crippen molar-refractivity contribution < 1.29 is 0 Å². The van der Waals surface area contributed by atoms with Crippen LogP contribution in [-0.4, -0.2) is 4.99 Å². The molecule has 0 heterocycles. The van der Waals surface area contributed by atoms with Crippen molar-refractivity contribution in [3.63, 3.8) is 0 Å². The van der Waals surface area contributed by atoms with Gasteiger partial charge >= 0.3 is 0 Å². The fourth-order valence-electron chi connectivity index (χ4n) is 2.88. The molecule has 3 rings (SSSR count). The topological polar surface area (TPSA) is 38.0 Å². The zero-order valence-corrected chi connectivity index (χ0v) is 13.2. The monoisotopic (exact) mass is 316 g/mol. The SMILES string of the molecule is NC(=S)c1ccc(Cl)cc1Nc1cccc2c1CCCC2. The predicted octanol–water partition coefficient (Wildman–Crippen LogP) is 4.60. The number of thiocarbonyl (C=S) groups is 1. The average Bonchev–Trinajstić information content (AvgIpc) is 2.47. The number of halogens is 1. The number of fused-ring (bicyclic) bond motifs is 1. The molecular weight excluding hydrogens is 300 g/mol. The van der Waals surface area contributed by atoms with Crippen LogP contribution in [0.3, 0.4) is 0 Å². The molecule has 2 aromatic carbocycles. The van der Waals surface area contributed by atoms with Gasteiger partial charge in [-0.1, -0.05) is 36.0 Å². The van der Waals surface area contributed by atoms with Crippen LogP contribution in [0.5, 0.6) is 0 Å². The summed E-state index contributed by atoms with van der Waals surface area (Å²) < 4.78 is 0. The first-order chi connectivity index (χ1) is 10.1. The van der Waals surface area contributed by atoms with E-state index in [0.29, 0.717) is 10.0 Å². The summed E-state index contributed by atoms with van der Waals surface area (Å²) in [5, 5.41) is 4.14. The van der Waals surface area contributed by atoms with E-state index in [-0.39, 0.29) is 0 Å². The van der Waals surface area contributed by atoms with Gasteiger partial charge in [0.05, 0.1) is 5.69 Å². The van der Waals surface area contributed by atoms with Crippen LogP contribution in [0, 0.1) is 0 Å². The van der Waals surface area contributed by atoms with Crippen molar-refractivity contribution >= 4 is 40.2 Å². The lowest BCUT2D eigenvalue weighted by Gasteiger charge is -2.21. The van der Waals surface area contributed by atoms with E-state index in [1.54, 1.807) is 0 Å². The van der Waals surface area contributed by atoms with Gasteiger partial charge < -0.3 is 11.1 Å². The number of nitrogens with one attached hydrogen (secondary N) is 1. The second-order valence-corrected chi connectivity index (χ2v) is 6.21. The summed E-state index contributed by atoms with van der Waals surface area (Å²) in [4.78, 5) is 0.374. The summed E-state index contributed by atoms with van der Waals surface area (Å²) in [6.45, 7) is 0. The Hall–Kier alpha value is -1.58. The summed E-state index contributed by atoms with van der Waals surface area (Å²) in [7, 11) is 0. The van der Waals surface area contributed by atoms with Crippen molar-refractivity contribution in [3.05, 3.63) is 58.1 Å². The van der Waals surface area contributed by atoms with Crippen LogP contribution in [0.25, 0.3) is 0 Å². The molecule has 0 bridgehead atoms.